The van der Waals surface area contributed by atoms with Crippen molar-refractivity contribution in [1.29, 1.82) is 0 Å². The highest BCUT2D eigenvalue weighted by molar-refractivity contribution is 6.11. The van der Waals surface area contributed by atoms with Crippen LogP contribution in [0.4, 0.5) is 11.5 Å². The first kappa shape index (κ1) is 13.5. The van der Waals surface area contributed by atoms with Gasteiger partial charge in [0.15, 0.2) is 0 Å². The predicted octanol–water partition coefficient (Wildman–Crippen LogP) is 4.67. The number of fused-ring (bicyclic) bond motifs is 1. The first-order chi connectivity index (χ1) is 11.3. The number of nitrogens with one attached hydrogen (secondary N) is 1. The van der Waals surface area contributed by atoms with Gasteiger partial charge in [0, 0.05) is 27.7 Å². The molecule has 1 heterocycles. The van der Waals surface area contributed by atoms with Gasteiger partial charge >= 0.3 is 0 Å². The van der Waals surface area contributed by atoms with Crippen molar-refractivity contribution >= 4 is 22.4 Å². The number of H-pyrrole nitrogens is 1. The lowest BCUT2D eigenvalue weighted by molar-refractivity contribution is 1.47. The highest BCUT2D eigenvalue weighted by Gasteiger charge is 2.16. The molecule has 4 rings (SSSR count). The van der Waals surface area contributed by atoms with Crippen LogP contribution in [0.2, 0.25) is 0 Å². The minimum absolute atomic E-state index is 0.642. The second-order valence-corrected chi connectivity index (χ2v) is 5.60. The van der Waals surface area contributed by atoms with Crippen molar-refractivity contribution in [1.82, 2.24) is 4.98 Å². The number of rotatable bonds is 2. The van der Waals surface area contributed by atoms with Crippen molar-refractivity contribution in [3.63, 3.8) is 0 Å². The van der Waals surface area contributed by atoms with Crippen molar-refractivity contribution in [3.05, 3.63) is 72.8 Å². The molecule has 3 heteroatoms. The van der Waals surface area contributed by atoms with Gasteiger partial charge in [0.1, 0.15) is 5.82 Å². The molecular weight excluding hydrogens is 282 g/mol. The largest absolute Gasteiger partial charge is 0.398 e. The lowest BCUT2D eigenvalue weighted by Gasteiger charge is -2.09. The molecule has 23 heavy (non-hydrogen) atoms. The van der Waals surface area contributed by atoms with Crippen LogP contribution < -0.4 is 11.5 Å². The molecular formula is C20H17N3. The Morgan fingerprint density at radius 3 is 1.91 bits per heavy atom. The zero-order valence-corrected chi connectivity index (χ0v) is 12.6. The highest BCUT2D eigenvalue weighted by atomic mass is 14.9. The Bertz CT molecular complexity index is 970. The van der Waals surface area contributed by atoms with Gasteiger partial charge in [0.25, 0.3) is 0 Å². The van der Waals surface area contributed by atoms with E-state index in [1.807, 2.05) is 60.7 Å². The fourth-order valence-corrected chi connectivity index (χ4v) is 3.11. The molecule has 0 radical (unpaired) electrons. The van der Waals surface area contributed by atoms with Gasteiger partial charge in [0.05, 0.1) is 0 Å². The van der Waals surface area contributed by atoms with Crippen LogP contribution in [0.5, 0.6) is 0 Å². The van der Waals surface area contributed by atoms with Crippen LogP contribution in [0.25, 0.3) is 33.2 Å². The van der Waals surface area contributed by atoms with E-state index in [9.17, 15) is 0 Å². The van der Waals surface area contributed by atoms with Gasteiger partial charge in [-0.3, -0.25) is 0 Å². The summed E-state index contributed by atoms with van der Waals surface area (Å²) in [7, 11) is 0. The van der Waals surface area contributed by atoms with Crippen molar-refractivity contribution in [2.75, 3.05) is 11.5 Å². The van der Waals surface area contributed by atoms with Crippen LogP contribution in [0.1, 0.15) is 0 Å². The van der Waals surface area contributed by atoms with Gasteiger partial charge in [-0.15, -0.1) is 0 Å². The number of nitrogens with two attached hydrogens (primary N) is 2. The maximum absolute atomic E-state index is 6.53. The first-order valence-electron chi connectivity index (χ1n) is 7.56. The molecule has 0 unspecified atom stereocenters. The van der Waals surface area contributed by atoms with E-state index in [1.165, 1.54) is 0 Å². The van der Waals surface area contributed by atoms with Crippen molar-refractivity contribution in [2.45, 2.75) is 0 Å². The molecule has 112 valence electrons. The monoisotopic (exact) mass is 299 g/mol. The van der Waals surface area contributed by atoms with E-state index in [4.69, 9.17) is 11.5 Å². The fraction of sp³-hybridized carbons (Fsp3) is 0. The minimum Gasteiger partial charge on any atom is -0.398 e. The topological polar surface area (TPSA) is 67.8 Å². The molecule has 5 N–H and O–H groups in total. The SMILES string of the molecule is Nc1[nH]c2ccc(-c3ccccc3)c(N)c2c1-c1ccccc1. The molecule has 3 nitrogen and oxygen atoms in total. The molecule has 0 saturated carbocycles. The lowest BCUT2D eigenvalue weighted by atomic mass is 9.97. The number of aromatic amines is 1. The van der Waals surface area contributed by atoms with E-state index >= 15 is 0 Å². The Labute approximate surface area is 134 Å². The second-order valence-electron chi connectivity index (χ2n) is 5.60. The summed E-state index contributed by atoms with van der Waals surface area (Å²) in [6, 6.07) is 24.3. The molecule has 0 bridgehead atoms. The average Bonchev–Trinajstić information content (AvgIpc) is 2.94. The quantitative estimate of drug-likeness (QED) is 0.471. The maximum atomic E-state index is 6.53. The third kappa shape index (κ3) is 2.14. The minimum atomic E-state index is 0.642. The van der Waals surface area contributed by atoms with Crippen molar-refractivity contribution in [3.8, 4) is 22.3 Å². The highest BCUT2D eigenvalue weighted by Crippen LogP contribution is 2.41. The summed E-state index contributed by atoms with van der Waals surface area (Å²) in [6.45, 7) is 0. The van der Waals surface area contributed by atoms with Gasteiger partial charge < -0.3 is 16.5 Å². The van der Waals surface area contributed by atoms with Crippen molar-refractivity contribution in [2.24, 2.45) is 0 Å². The fourth-order valence-electron chi connectivity index (χ4n) is 3.11. The van der Waals surface area contributed by atoms with Crippen LogP contribution in [-0.4, -0.2) is 4.98 Å². The summed E-state index contributed by atoms with van der Waals surface area (Å²) in [4.78, 5) is 3.24. The van der Waals surface area contributed by atoms with Crippen LogP contribution >= 0.6 is 0 Å². The van der Waals surface area contributed by atoms with E-state index in [1.54, 1.807) is 0 Å². The third-order valence-corrected chi connectivity index (χ3v) is 4.18. The standard InChI is InChI=1S/C20H17N3/c21-19-15(13-7-3-1-4-8-13)11-12-16-18(19)17(20(22)23-16)14-9-5-2-6-10-14/h1-12,23H,21-22H2. The zero-order chi connectivity index (χ0) is 15.8. The Kier molecular flexibility index (Phi) is 3.05. The van der Waals surface area contributed by atoms with E-state index in [2.05, 4.69) is 17.1 Å². The molecule has 0 spiro atoms. The third-order valence-electron chi connectivity index (χ3n) is 4.18. The number of hydrogen-bond acceptors (Lipinski definition) is 2. The molecule has 4 aromatic rings. The molecule has 0 aliphatic carbocycles. The molecule has 0 aliphatic heterocycles. The summed E-state index contributed by atoms with van der Waals surface area (Å²) in [5.41, 5.74) is 18.6. The average molecular weight is 299 g/mol. The van der Waals surface area contributed by atoms with E-state index < -0.39 is 0 Å². The maximum Gasteiger partial charge on any atom is 0.109 e. The van der Waals surface area contributed by atoms with Crippen LogP contribution in [-0.2, 0) is 0 Å². The Morgan fingerprint density at radius 2 is 1.26 bits per heavy atom. The molecule has 3 aromatic carbocycles. The summed E-state index contributed by atoms with van der Waals surface area (Å²) >= 11 is 0. The van der Waals surface area contributed by atoms with Gasteiger partial charge in [0.2, 0.25) is 0 Å². The van der Waals surface area contributed by atoms with Gasteiger partial charge in [-0.2, -0.15) is 0 Å². The van der Waals surface area contributed by atoms with Crippen LogP contribution in [0.15, 0.2) is 72.8 Å². The smallest absolute Gasteiger partial charge is 0.109 e. The number of aromatic nitrogens is 1. The second kappa shape index (κ2) is 5.21. The van der Waals surface area contributed by atoms with E-state index in [-0.39, 0.29) is 0 Å². The number of nitrogen functional groups attached to an aromatic ring is 2. The number of hydrogen-bond donors (Lipinski definition) is 3. The van der Waals surface area contributed by atoms with E-state index in [0.717, 1.165) is 38.8 Å². The van der Waals surface area contributed by atoms with Gasteiger partial charge in [-0.1, -0.05) is 66.7 Å². The predicted molar refractivity (Wildman–Crippen MR) is 98.0 cm³/mol. The van der Waals surface area contributed by atoms with Gasteiger partial charge in [-0.25, -0.2) is 0 Å². The molecule has 0 saturated heterocycles. The summed E-state index contributed by atoms with van der Waals surface area (Å²) in [6.07, 6.45) is 0. The Hall–Kier alpha value is -3.20. The Morgan fingerprint density at radius 1 is 0.652 bits per heavy atom. The zero-order valence-electron chi connectivity index (χ0n) is 12.6. The van der Waals surface area contributed by atoms with Gasteiger partial charge in [-0.05, 0) is 17.2 Å². The molecule has 0 aliphatic rings. The summed E-state index contributed by atoms with van der Waals surface area (Å²) in [5.74, 6) is 0.642. The Balaban J connectivity index is 2.04. The molecule has 0 atom stereocenters. The summed E-state index contributed by atoms with van der Waals surface area (Å²) < 4.78 is 0. The first-order valence-corrected chi connectivity index (χ1v) is 7.56. The number of anilines is 2. The molecule has 0 fully saturated rings. The van der Waals surface area contributed by atoms with Crippen LogP contribution in [0, 0.1) is 0 Å². The van der Waals surface area contributed by atoms with Crippen molar-refractivity contribution < 1.29 is 0 Å². The number of benzene rings is 3. The lowest BCUT2D eigenvalue weighted by Crippen LogP contribution is -1.92. The summed E-state index contributed by atoms with van der Waals surface area (Å²) in [5, 5.41) is 0.982. The molecule has 0 amide bonds. The molecule has 1 aromatic heterocycles. The van der Waals surface area contributed by atoms with Crippen LogP contribution in [0.3, 0.4) is 0 Å². The van der Waals surface area contributed by atoms with E-state index in [0.29, 0.717) is 5.82 Å². The normalized spacial score (nSPS) is 11.0.